The number of H-pyrrole nitrogens is 1. The van der Waals surface area contributed by atoms with Gasteiger partial charge < -0.3 is 9.72 Å². The molecular formula is C13H14N4O3S. The summed E-state index contributed by atoms with van der Waals surface area (Å²) in [5.74, 6) is 0. The summed E-state index contributed by atoms with van der Waals surface area (Å²) in [6, 6.07) is 5.75. The molecule has 8 heteroatoms. The Morgan fingerprint density at radius 1 is 1.48 bits per heavy atom. The number of rotatable bonds is 3. The standard InChI is InChI=1S/C13H14N4O3S/c1-20-5-4-17-8-9-2-3-11-10(6-14)7-15-13(11)12(9)16-21(17,18)19/h2-3,7,15-16H,4-5,8H2,1H3. The van der Waals surface area contributed by atoms with E-state index in [0.29, 0.717) is 28.8 Å². The summed E-state index contributed by atoms with van der Waals surface area (Å²) in [4.78, 5) is 2.97. The van der Waals surface area contributed by atoms with Gasteiger partial charge in [-0.2, -0.15) is 18.0 Å². The minimum absolute atomic E-state index is 0.283. The van der Waals surface area contributed by atoms with E-state index in [1.807, 2.05) is 12.1 Å². The van der Waals surface area contributed by atoms with E-state index in [-0.39, 0.29) is 13.1 Å². The number of hydrogen-bond acceptors (Lipinski definition) is 4. The fourth-order valence-electron chi connectivity index (χ4n) is 2.44. The SMILES string of the molecule is COCCN1Cc2ccc3c(C#N)c[nH]c3c2NS1(=O)=O. The van der Waals surface area contributed by atoms with Crippen molar-refractivity contribution in [2.45, 2.75) is 6.54 Å². The molecule has 1 aliphatic rings. The second-order valence-corrected chi connectivity index (χ2v) is 6.44. The molecule has 0 aliphatic carbocycles. The summed E-state index contributed by atoms with van der Waals surface area (Å²) in [5, 5.41) is 9.75. The van der Waals surface area contributed by atoms with Crippen LogP contribution in [0.15, 0.2) is 18.3 Å². The molecule has 0 spiro atoms. The van der Waals surface area contributed by atoms with E-state index in [4.69, 9.17) is 10.00 Å². The topological polar surface area (TPSA) is 98.2 Å². The van der Waals surface area contributed by atoms with Gasteiger partial charge in [-0.15, -0.1) is 0 Å². The molecule has 2 heterocycles. The van der Waals surface area contributed by atoms with Crippen molar-refractivity contribution in [2.24, 2.45) is 0 Å². The van der Waals surface area contributed by atoms with Crippen molar-refractivity contribution in [1.29, 1.82) is 5.26 Å². The predicted molar refractivity (Wildman–Crippen MR) is 77.8 cm³/mol. The van der Waals surface area contributed by atoms with E-state index in [9.17, 15) is 8.42 Å². The number of nitrogens with one attached hydrogen (secondary N) is 2. The molecule has 21 heavy (non-hydrogen) atoms. The van der Waals surface area contributed by atoms with Gasteiger partial charge in [-0.1, -0.05) is 12.1 Å². The van der Waals surface area contributed by atoms with Crippen molar-refractivity contribution < 1.29 is 13.2 Å². The molecule has 0 bridgehead atoms. The Bertz CT molecular complexity index is 835. The van der Waals surface area contributed by atoms with Crippen LogP contribution in [0.4, 0.5) is 5.69 Å². The Labute approximate surface area is 122 Å². The maximum Gasteiger partial charge on any atom is 0.302 e. The molecule has 1 aromatic heterocycles. The Hall–Kier alpha value is -2.08. The number of nitriles is 1. The van der Waals surface area contributed by atoms with Gasteiger partial charge in [0, 0.05) is 31.8 Å². The van der Waals surface area contributed by atoms with E-state index >= 15 is 0 Å². The van der Waals surface area contributed by atoms with Crippen molar-refractivity contribution in [3.05, 3.63) is 29.5 Å². The summed E-state index contributed by atoms with van der Waals surface area (Å²) >= 11 is 0. The van der Waals surface area contributed by atoms with Crippen LogP contribution in [-0.4, -0.2) is 38.0 Å². The number of anilines is 1. The molecule has 0 amide bonds. The zero-order valence-electron chi connectivity index (χ0n) is 11.4. The highest BCUT2D eigenvalue weighted by molar-refractivity contribution is 7.90. The van der Waals surface area contributed by atoms with Crippen LogP contribution in [0.2, 0.25) is 0 Å². The maximum atomic E-state index is 12.3. The number of methoxy groups -OCH3 is 1. The minimum atomic E-state index is -3.60. The fourth-order valence-corrected chi connectivity index (χ4v) is 3.69. The van der Waals surface area contributed by atoms with E-state index in [2.05, 4.69) is 15.8 Å². The first-order valence-corrected chi connectivity index (χ1v) is 7.80. The van der Waals surface area contributed by atoms with Crippen molar-refractivity contribution in [3.8, 4) is 6.07 Å². The molecule has 2 aromatic rings. The lowest BCUT2D eigenvalue weighted by molar-refractivity contribution is 0.177. The molecule has 1 aromatic carbocycles. The Kier molecular flexibility index (Phi) is 3.33. The Morgan fingerprint density at radius 2 is 2.29 bits per heavy atom. The normalized spacial score (nSPS) is 17.1. The molecule has 1 aliphatic heterocycles. The molecule has 0 atom stereocenters. The molecule has 0 unspecified atom stereocenters. The van der Waals surface area contributed by atoms with Crippen LogP contribution < -0.4 is 4.72 Å². The van der Waals surface area contributed by atoms with Gasteiger partial charge in [-0.25, -0.2) is 0 Å². The van der Waals surface area contributed by atoms with Crippen molar-refractivity contribution >= 4 is 26.8 Å². The average molecular weight is 306 g/mol. The molecular weight excluding hydrogens is 292 g/mol. The number of hydrogen-bond donors (Lipinski definition) is 2. The van der Waals surface area contributed by atoms with Crippen LogP contribution in [0.5, 0.6) is 0 Å². The monoisotopic (exact) mass is 306 g/mol. The third-order valence-electron chi connectivity index (χ3n) is 3.53. The molecule has 110 valence electrons. The third-order valence-corrected chi connectivity index (χ3v) is 4.98. The zero-order valence-corrected chi connectivity index (χ0v) is 12.2. The van der Waals surface area contributed by atoms with Crippen LogP contribution in [0.25, 0.3) is 10.9 Å². The summed E-state index contributed by atoms with van der Waals surface area (Å²) < 4.78 is 33.3. The lowest BCUT2D eigenvalue weighted by atomic mass is 10.1. The van der Waals surface area contributed by atoms with Gasteiger partial charge >= 0.3 is 10.2 Å². The number of aromatic amines is 1. The molecule has 3 rings (SSSR count). The zero-order chi connectivity index (χ0) is 15.0. The molecule has 2 N–H and O–H groups in total. The number of nitrogens with zero attached hydrogens (tertiary/aromatic N) is 2. The van der Waals surface area contributed by atoms with Crippen LogP contribution in [0.3, 0.4) is 0 Å². The van der Waals surface area contributed by atoms with Crippen molar-refractivity contribution in [3.63, 3.8) is 0 Å². The van der Waals surface area contributed by atoms with E-state index < -0.39 is 10.2 Å². The first-order chi connectivity index (χ1) is 10.1. The Morgan fingerprint density at radius 3 is 3.00 bits per heavy atom. The quantitative estimate of drug-likeness (QED) is 0.889. The average Bonchev–Trinajstić information content (AvgIpc) is 2.88. The van der Waals surface area contributed by atoms with E-state index in [1.54, 1.807) is 6.20 Å². The Balaban J connectivity index is 2.08. The summed E-state index contributed by atoms with van der Waals surface area (Å²) in [6.07, 6.45) is 1.58. The maximum absolute atomic E-state index is 12.3. The molecule has 0 saturated heterocycles. The van der Waals surface area contributed by atoms with Gasteiger partial charge in [0.15, 0.2) is 0 Å². The predicted octanol–water partition coefficient (Wildman–Crippen LogP) is 1.16. The highest BCUT2D eigenvalue weighted by Crippen LogP contribution is 2.34. The number of aromatic nitrogens is 1. The summed E-state index contributed by atoms with van der Waals surface area (Å²) in [7, 11) is -2.07. The summed E-state index contributed by atoms with van der Waals surface area (Å²) in [5.41, 5.74) is 2.51. The van der Waals surface area contributed by atoms with Crippen LogP contribution in [0.1, 0.15) is 11.1 Å². The van der Waals surface area contributed by atoms with E-state index in [1.165, 1.54) is 11.4 Å². The molecule has 7 nitrogen and oxygen atoms in total. The first-order valence-electron chi connectivity index (χ1n) is 6.36. The van der Waals surface area contributed by atoms with Gasteiger partial charge in [-0.05, 0) is 5.56 Å². The lowest BCUT2D eigenvalue weighted by Crippen LogP contribution is -2.41. The van der Waals surface area contributed by atoms with Crippen LogP contribution >= 0.6 is 0 Å². The fraction of sp³-hybridized carbons (Fsp3) is 0.308. The van der Waals surface area contributed by atoms with Crippen molar-refractivity contribution in [2.75, 3.05) is 25.0 Å². The minimum Gasteiger partial charge on any atom is -0.383 e. The highest BCUT2D eigenvalue weighted by atomic mass is 32.2. The smallest absolute Gasteiger partial charge is 0.302 e. The van der Waals surface area contributed by atoms with Crippen LogP contribution in [-0.2, 0) is 21.5 Å². The molecule has 0 saturated carbocycles. The van der Waals surface area contributed by atoms with Gasteiger partial charge in [0.25, 0.3) is 0 Å². The second-order valence-electron chi connectivity index (χ2n) is 4.77. The number of benzene rings is 1. The van der Waals surface area contributed by atoms with Crippen LogP contribution in [0, 0.1) is 11.3 Å². The number of fused-ring (bicyclic) bond motifs is 3. The number of ether oxygens (including phenoxy) is 1. The van der Waals surface area contributed by atoms with Crippen molar-refractivity contribution in [1.82, 2.24) is 9.29 Å². The third kappa shape index (κ3) is 2.25. The largest absolute Gasteiger partial charge is 0.383 e. The van der Waals surface area contributed by atoms with Gasteiger partial charge in [0.05, 0.1) is 23.4 Å². The highest BCUT2D eigenvalue weighted by Gasteiger charge is 2.30. The molecule has 0 fully saturated rings. The van der Waals surface area contributed by atoms with Gasteiger partial charge in [0.1, 0.15) is 6.07 Å². The molecule has 0 radical (unpaired) electrons. The van der Waals surface area contributed by atoms with Gasteiger partial charge in [-0.3, -0.25) is 4.72 Å². The lowest BCUT2D eigenvalue weighted by Gasteiger charge is -2.29. The van der Waals surface area contributed by atoms with E-state index in [0.717, 1.165) is 5.56 Å². The first kappa shape index (κ1) is 13.9. The van der Waals surface area contributed by atoms with Gasteiger partial charge in [0.2, 0.25) is 0 Å². The summed E-state index contributed by atoms with van der Waals surface area (Å²) in [6.45, 7) is 0.905. The second kappa shape index (κ2) is 5.04.